The van der Waals surface area contributed by atoms with Crippen LogP contribution in [0.4, 0.5) is 4.39 Å². The van der Waals surface area contributed by atoms with E-state index in [1.54, 1.807) is 22.9 Å². The third kappa shape index (κ3) is 3.02. The lowest BCUT2D eigenvalue weighted by molar-refractivity contribution is 0.408. The molecule has 0 spiro atoms. The number of hydrogen-bond acceptors (Lipinski definition) is 5. The Morgan fingerprint density at radius 2 is 2.22 bits per heavy atom. The van der Waals surface area contributed by atoms with Gasteiger partial charge in [-0.05, 0) is 13.0 Å². The van der Waals surface area contributed by atoms with Crippen molar-refractivity contribution >= 4 is 11.3 Å². The van der Waals surface area contributed by atoms with Gasteiger partial charge in [0, 0.05) is 23.5 Å². The van der Waals surface area contributed by atoms with E-state index in [1.165, 1.54) is 13.3 Å². The maximum absolute atomic E-state index is 13.4. The third-order valence-corrected chi connectivity index (χ3v) is 3.50. The van der Waals surface area contributed by atoms with Gasteiger partial charge in [-0.3, -0.25) is 0 Å². The van der Waals surface area contributed by atoms with E-state index in [1.807, 2.05) is 6.92 Å². The molecule has 2 aromatic heterocycles. The molecule has 6 heteroatoms. The Morgan fingerprint density at radius 3 is 2.89 bits per heavy atom. The molecule has 0 aliphatic heterocycles. The van der Waals surface area contributed by atoms with Crippen LogP contribution < -0.4 is 10.1 Å². The molecule has 2 rings (SSSR count). The predicted molar refractivity (Wildman–Crippen MR) is 68.1 cm³/mol. The van der Waals surface area contributed by atoms with Gasteiger partial charge >= 0.3 is 0 Å². The second-order valence-electron chi connectivity index (χ2n) is 3.79. The van der Waals surface area contributed by atoms with Crippen LogP contribution in [-0.4, -0.2) is 17.1 Å². The van der Waals surface area contributed by atoms with Crippen molar-refractivity contribution in [3.05, 3.63) is 39.9 Å². The van der Waals surface area contributed by atoms with Gasteiger partial charge in [0.2, 0.25) is 5.95 Å². The average molecular weight is 267 g/mol. The first-order chi connectivity index (χ1) is 8.70. The van der Waals surface area contributed by atoms with Gasteiger partial charge < -0.3 is 10.1 Å². The van der Waals surface area contributed by atoms with E-state index in [2.05, 4.69) is 15.3 Å². The summed E-state index contributed by atoms with van der Waals surface area (Å²) >= 11 is 1.59. The molecular formula is C12H14FN3OS. The van der Waals surface area contributed by atoms with Gasteiger partial charge in [0.25, 0.3) is 0 Å². The summed E-state index contributed by atoms with van der Waals surface area (Å²) in [5.74, 6) is 0.0893. The molecule has 0 radical (unpaired) electrons. The highest BCUT2D eigenvalue weighted by atomic mass is 32.1. The smallest absolute Gasteiger partial charge is 0.217 e. The molecule has 0 fully saturated rings. The van der Waals surface area contributed by atoms with Gasteiger partial charge in [0.15, 0.2) is 0 Å². The first-order valence-electron chi connectivity index (χ1n) is 5.49. The van der Waals surface area contributed by atoms with Crippen LogP contribution >= 0.6 is 11.3 Å². The highest BCUT2D eigenvalue weighted by molar-refractivity contribution is 7.09. The number of nitrogens with zero attached hydrogens (tertiary/aromatic N) is 2. The minimum atomic E-state index is -0.468. The van der Waals surface area contributed by atoms with E-state index in [4.69, 9.17) is 4.74 Å². The lowest BCUT2D eigenvalue weighted by atomic mass is 10.2. The Balaban J connectivity index is 1.96. The molecule has 0 saturated carbocycles. The number of thiazole rings is 1. The predicted octanol–water partition coefficient (Wildman–Crippen LogP) is 2.28. The molecule has 0 unspecified atom stereocenters. The van der Waals surface area contributed by atoms with Crippen LogP contribution in [0, 0.1) is 12.9 Å². The van der Waals surface area contributed by atoms with Crippen molar-refractivity contribution in [3.63, 3.8) is 0 Å². The molecule has 18 heavy (non-hydrogen) atoms. The topological polar surface area (TPSA) is 47.0 Å². The van der Waals surface area contributed by atoms with Crippen LogP contribution in [-0.2, 0) is 13.1 Å². The molecule has 2 heterocycles. The Labute approximate surface area is 109 Å². The second kappa shape index (κ2) is 5.88. The standard InChI is InChI=1S/C12H14FN3OS/c1-8-11(18-7-16-8)6-14-4-9-3-10(17-2)5-15-12(9)13/h3,5,7,14H,4,6H2,1-2H3. The first-order valence-corrected chi connectivity index (χ1v) is 6.36. The molecule has 0 aromatic carbocycles. The Morgan fingerprint density at radius 1 is 1.39 bits per heavy atom. The summed E-state index contributed by atoms with van der Waals surface area (Å²) in [5.41, 5.74) is 3.31. The molecule has 96 valence electrons. The maximum atomic E-state index is 13.4. The van der Waals surface area contributed by atoms with Crippen molar-refractivity contribution in [2.45, 2.75) is 20.0 Å². The van der Waals surface area contributed by atoms with Crippen molar-refractivity contribution in [2.24, 2.45) is 0 Å². The van der Waals surface area contributed by atoms with E-state index >= 15 is 0 Å². The van der Waals surface area contributed by atoms with E-state index in [-0.39, 0.29) is 0 Å². The number of aryl methyl sites for hydroxylation is 1. The Hall–Kier alpha value is -1.53. The fourth-order valence-corrected chi connectivity index (χ4v) is 2.26. The summed E-state index contributed by atoms with van der Waals surface area (Å²) in [4.78, 5) is 8.96. The number of aromatic nitrogens is 2. The molecule has 0 aliphatic rings. The highest BCUT2D eigenvalue weighted by Crippen LogP contribution is 2.15. The number of ether oxygens (including phenoxy) is 1. The van der Waals surface area contributed by atoms with Crippen LogP contribution in [0.15, 0.2) is 17.8 Å². The molecule has 0 aliphatic carbocycles. The lowest BCUT2D eigenvalue weighted by Crippen LogP contribution is -2.14. The van der Waals surface area contributed by atoms with Gasteiger partial charge in [-0.1, -0.05) is 0 Å². The normalized spacial score (nSPS) is 10.6. The average Bonchev–Trinajstić information content (AvgIpc) is 2.77. The van der Waals surface area contributed by atoms with Gasteiger partial charge in [-0.2, -0.15) is 4.39 Å². The molecule has 0 saturated heterocycles. The summed E-state index contributed by atoms with van der Waals surface area (Å²) in [7, 11) is 1.53. The summed E-state index contributed by atoms with van der Waals surface area (Å²) in [6.45, 7) is 3.04. The fraction of sp³-hybridized carbons (Fsp3) is 0.333. The van der Waals surface area contributed by atoms with E-state index in [0.29, 0.717) is 24.4 Å². The van der Waals surface area contributed by atoms with Crippen molar-refractivity contribution < 1.29 is 9.13 Å². The van der Waals surface area contributed by atoms with Gasteiger partial charge in [-0.15, -0.1) is 11.3 Å². The molecule has 0 amide bonds. The quantitative estimate of drug-likeness (QED) is 0.844. The molecule has 1 N–H and O–H groups in total. The largest absolute Gasteiger partial charge is 0.495 e. The van der Waals surface area contributed by atoms with E-state index in [9.17, 15) is 4.39 Å². The van der Waals surface area contributed by atoms with Gasteiger partial charge in [-0.25, -0.2) is 9.97 Å². The minimum absolute atomic E-state index is 0.410. The highest BCUT2D eigenvalue weighted by Gasteiger charge is 2.06. The monoisotopic (exact) mass is 267 g/mol. The minimum Gasteiger partial charge on any atom is -0.495 e. The molecular weight excluding hydrogens is 253 g/mol. The number of pyridine rings is 1. The first kappa shape index (κ1) is 12.9. The van der Waals surface area contributed by atoms with Crippen LogP contribution in [0.3, 0.4) is 0 Å². The number of halogens is 1. The van der Waals surface area contributed by atoms with Crippen molar-refractivity contribution in [1.82, 2.24) is 15.3 Å². The maximum Gasteiger partial charge on any atom is 0.217 e. The SMILES string of the molecule is COc1cnc(F)c(CNCc2scnc2C)c1. The van der Waals surface area contributed by atoms with Crippen molar-refractivity contribution in [3.8, 4) is 5.75 Å². The zero-order chi connectivity index (χ0) is 13.0. The second-order valence-corrected chi connectivity index (χ2v) is 4.73. The fourth-order valence-electron chi connectivity index (χ4n) is 1.51. The number of rotatable bonds is 5. The summed E-state index contributed by atoms with van der Waals surface area (Å²) in [6, 6.07) is 1.65. The molecule has 2 aromatic rings. The van der Waals surface area contributed by atoms with E-state index < -0.39 is 5.95 Å². The number of methoxy groups -OCH3 is 1. The van der Waals surface area contributed by atoms with E-state index in [0.717, 1.165) is 10.6 Å². The third-order valence-electron chi connectivity index (χ3n) is 2.57. The van der Waals surface area contributed by atoms with Crippen LogP contribution in [0.1, 0.15) is 16.1 Å². The zero-order valence-corrected chi connectivity index (χ0v) is 11.1. The summed E-state index contributed by atoms with van der Waals surface area (Å²) in [6.07, 6.45) is 1.37. The summed E-state index contributed by atoms with van der Waals surface area (Å²) < 4.78 is 18.5. The number of hydrogen-bond donors (Lipinski definition) is 1. The Kier molecular flexibility index (Phi) is 4.22. The van der Waals surface area contributed by atoms with Gasteiger partial charge in [0.1, 0.15) is 5.75 Å². The lowest BCUT2D eigenvalue weighted by Gasteiger charge is -2.06. The van der Waals surface area contributed by atoms with Crippen molar-refractivity contribution in [2.75, 3.05) is 7.11 Å². The summed E-state index contributed by atoms with van der Waals surface area (Å²) in [5, 5.41) is 3.17. The van der Waals surface area contributed by atoms with Crippen LogP contribution in [0.5, 0.6) is 5.75 Å². The van der Waals surface area contributed by atoms with Crippen molar-refractivity contribution in [1.29, 1.82) is 0 Å². The number of nitrogens with one attached hydrogen (secondary N) is 1. The zero-order valence-electron chi connectivity index (χ0n) is 10.2. The van der Waals surface area contributed by atoms with Crippen LogP contribution in [0.25, 0.3) is 0 Å². The molecule has 0 bridgehead atoms. The van der Waals surface area contributed by atoms with Crippen LogP contribution in [0.2, 0.25) is 0 Å². The molecule has 0 atom stereocenters. The Bertz CT molecular complexity index is 530. The molecule has 4 nitrogen and oxygen atoms in total. The van der Waals surface area contributed by atoms with Gasteiger partial charge in [0.05, 0.1) is 24.5 Å².